The maximum absolute atomic E-state index is 14.0. The van der Waals surface area contributed by atoms with Gasteiger partial charge in [-0.1, -0.05) is 25.1 Å². The predicted octanol–water partition coefficient (Wildman–Crippen LogP) is 4.05. The van der Waals surface area contributed by atoms with E-state index in [-0.39, 0.29) is 23.7 Å². The highest BCUT2D eigenvalue weighted by Crippen LogP contribution is 2.30. The molecule has 1 heterocycles. The molecule has 0 saturated heterocycles. The number of benzene rings is 1. The lowest BCUT2D eigenvalue weighted by atomic mass is 10.1. The maximum Gasteiger partial charge on any atom is 0.167 e. The van der Waals surface area contributed by atoms with Gasteiger partial charge in [0, 0.05) is 10.9 Å². The summed E-state index contributed by atoms with van der Waals surface area (Å²) >= 11 is 1.58. The Hall–Kier alpha value is -1.39. The van der Waals surface area contributed by atoms with Crippen LogP contribution in [0.25, 0.3) is 0 Å². The van der Waals surface area contributed by atoms with E-state index in [1.165, 1.54) is 0 Å². The summed E-state index contributed by atoms with van der Waals surface area (Å²) < 4.78 is 19.8. The second-order valence-corrected chi connectivity index (χ2v) is 5.49. The molecule has 0 spiro atoms. The smallest absolute Gasteiger partial charge is 0.167 e. The molecule has 0 aliphatic rings. The van der Waals surface area contributed by atoms with Crippen molar-refractivity contribution in [2.45, 2.75) is 32.4 Å². The molecule has 0 bridgehead atoms. The van der Waals surface area contributed by atoms with Gasteiger partial charge in [-0.25, -0.2) is 4.39 Å². The fourth-order valence-electron chi connectivity index (χ4n) is 1.87. The van der Waals surface area contributed by atoms with Crippen molar-refractivity contribution < 1.29 is 9.13 Å². The zero-order valence-corrected chi connectivity index (χ0v) is 11.9. The Morgan fingerprint density at radius 1 is 1.32 bits per heavy atom. The van der Waals surface area contributed by atoms with Crippen LogP contribution in [0.4, 0.5) is 4.39 Å². The highest BCUT2D eigenvalue weighted by Gasteiger charge is 2.23. The number of rotatable bonds is 5. The molecule has 0 fully saturated rings. The maximum atomic E-state index is 14.0. The number of thiophene rings is 1. The minimum atomic E-state index is -0.313. The molecule has 0 radical (unpaired) electrons. The Morgan fingerprint density at radius 3 is 2.74 bits per heavy atom. The first-order valence-electron chi connectivity index (χ1n) is 6.34. The summed E-state index contributed by atoms with van der Waals surface area (Å²) in [6.45, 7) is 3.73. The van der Waals surface area contributed by atoms with E-state index in [0.29, 0.717) is 5.56 Å². The highest BCUT2D eigenvalue weighted by molar-refractivity contribution is 7.10. The van der Waals surface area contributed by atoms with Gasteiger partial charge in [-0.3, -0.25) is 0 Å². The van der Waals surface area contributed by atoms with Gasteiger partial charge in [0.15, 0.2) is 11.6 Å². The van der Waals surface area contributed by atoms with Crippen LogP contribution in [0.3, 0.4) is 0 Å². The van der Waals surface area contributed by atoms with Crippen molar-refractivity contribution in [3.63, 3.8) is 0 Å². The van der Waals surface area contributed by atoms with Crippen LogP contribution in [0.5, 0.6) is 5.75 Å². The van der Waals surface area contributed by atoms with E-state index >= 15 is 0 Å². The van der Waals surface area contributed by atoms with Gasteiger partial charge in [0.05, 0.1) is 0 Å². The Morgan fingerprint density at radius 2 is 2.11 bits per heavy atom. The number of nitrogens with two attached hydrogens (primary N) is 1. The van der Waals surface area contributed by atoms with Gasteiger partial charge in [-0.2, -0.15) is 0 Å². The van der Waals surface area contributed by atoms with Gasteiger partial charge in [-0.05, 0) is 36.4 Å². The van der Waals surface area contributed by atoms with Crippen LogP contribution in [-0.2, 0) is 0 Å². The first-order chi connectivity index (χ1) is 9.13. The first-order valence-corrected chi connectivity index (χ1v) is 7.22. The van der Waals surface area contributed by atoms with Crippen LogP contribution in [0.15, 0.2) is 35.7 Å². The first kappa shape index (κ1) is 14.0. The number of ether oxygens (including phenoxy) is 1. The minimum Gasteiger partial charge on any atom is -0.480 e. The van der Waals surface area contributed by atoms with Crippen LogP contribution in [0, 0.1) is 12.7 Å². The van der Waals surface area contributed by atoms with Crippen LogP contribution >= 0.6 is 11.3 Å². The SMILES string of the molecule is CCC(N)C(Oc1cccc(C)c1F)c1cccs1. The van der Waals surface area contributed by atoms with E-state index in [1.807, 2.05) is 24.4 Å². The largest absolute Gasteiger partial charge is 0.480 e. The number of hydrogen-bond acceptors (Lipinski definition) is 3. The lowest BCUT2D eigenvalue weighted by Gasteiger charge is -2.23. The third-order valence-corrected chi connectivity index (χ3v) is 4.03. The van der Waals surface area contributed by atoms with Crippen molar-refractivity contribution in [1.29, 1.82) is 0 Å². The van der Waals surface area contributed by atoms with Crippen LogP contribution < -0.4 is 10.5 Å². The van der Waals surface area contributed by atoms with Crippen LogP contribution in [-0.4, -0.2) is 6.04 Å². The summed E-state index contributed by atoms with van der Waals surface area (Å²) in [6.07, 6.45) is 0.469. The third kappa shape index (κ3) is 3.14. The number of halogens is 1. The summed E-state index contributed by atoms with van der Waals surface area (Å²) in [7, 11) is 0. The van der Waals surface area contributed by atoms with E-state index in [0.717, 1.165) is 11.3 Å². The Bertz CT molecular complexity index is 527. The zero-order chi connectivity index (χ0) is 13.8. The summed E-state index contributed by atoms with van der Waals surface area (Å²) in [5, 5.41) is 1.97. The lowest BCUT2D eigenvalue weighted by molar-refractivity contribution is 0.167. The molecule has 0 saturated carbocycles. The molecule has 4 heteroatoms. The van der Waals surface area contributed by atoms with Crippen LogP contribution in [0.2, 0.25) is 0 Å². The molecule has 0 amide bonds. The van der Waals surface area contributed by atoms with Crippen molar-refractivity contribution in [3.8, 4) is 5.75 Å². The second kappa shape index (κ2) is 6.17. The normalized spacial score (nSPS) is 14.1. The molecule has 1 aromatic heterocycles. The molecule has 0 aliphatic carbocycles. The van der Waals surface area contributed by atoms with Gasteiger partial charge in [0.2, 0.25) is 0 Å². The van der Waals surface area contributed by atoms with E-state index in [9.17, 15) is 4.39 Å². The van der Waals surface area contributed by atoms with Crippen molar-refractivity contribution in [2.24, 2.45) is 5.73 Å². The van der Waals surface area contributed by atoms with E-state index in [1.54, 1.807) is 36.5 Å². The van der Waals surface area contributed by atoms with E-state index in [4.69, 9.17) is 10.5 Å². The number of aryl methyl sites for hydroxylation is 1. The number of hydrogen-bond donors (Lipinski definition) is 1. The molecule has 19 heavy (non-hydrogen) atoms. The van der Waals surface area contributed by atoms with Crippen molar-refractivity contribution in [2.75, 3.05) is 0 Å². The van der Waals surface area contributed by atoms with E-state index in [2.05, 4.69) is 0 Å². The fourth-order valence-corrected chi connectivity index (χ4v) is 2.70. The average molecular weight is 279 g/mol. The Balaban J connectivity index is 2.28. The summed E-state index contributed by atoms with van der Waals surface area (Å²) in [4.78, 5) is 1.02. The molecular weight excluding hydrogens is 261 g/mol. The van der Waals surface area contributed by atoms with Crippen LogP contribution in [0.1, 0.15) is 29.9 Å². The van der Waals surface area contributed by atoms with Gasteiger partial charge >= 0.3 is 0 Å². The van der Waals surface area contributed by atoms with E-state index < -0.39 is 0 Å². The van der Waals surface area contributed by atoms with Gasteiger partial charge in [0.1, 0.15) is 6.10 Å². The molecule has 2 rings (SSSR count). The quantitative estimate of drug-likeness (QED) is 0.896. The van der Waals surface area contributed by atoms with Gasteiger partial charge in [0.25, 0.3) is 0 Å². The molecule has 102 valence electrons. The lowest BCUT2D eigenvalue weighted by Crippen LogP contribution is -2.31. The highest BCUT2D eigenvalue weighted by atomic mass is 32.1. The monoisotopic (exact) mass is 279 g/mol. The van der Waals surface area contributed by atoms with Crippen molar-refractivity contribution in [1.82, 2.24) is 0 Å². The summed E-state index contributed by atoms with van der Waals surface area (Å²) in [5.74, 6) is -0.0466. The molecule has 2 N–H and O–H groups in total. The predicted molar refractivity (Wildman–Crippen MR) is 77.1 cm³/mol. The standard InChI is InChI=1S/C15H18FNOS/c1-3-11(17)15(13-8-5-9-19-13)18-12-7-4-6-10(2)14(12)16/h4-9,11,15H,3,17H2,1-2H3. The van der Waals surface area contributed by atoms with Crippen molar-refractivity contribution in [3.05, 3.63) is 52.0 Å². The minimum absolute atomic E-state index is 0.154. The molecule has 2 aromatic rings. The second-order valence-electron chi connectivity index (χ2n) is 4.51. The average Bonchev–Trinajstić information content (AvgIpc) is 2.93. The Labute approximate surface area is 117 Å². The van der Waals surface area contributed by atoms with Gasteiger partial charge in [-0.15, -0.1) is 11.3 Å². The topological polar surface area (TPSA) is 35.2 Å². The summed E-state index contributed by atoms with van der Waals surface area (Å²) in [5.41, 5.74) is 6.68. The molecule has 0 aliphatic heterocycles. The molecule has 1 aromatic carbocycles. The zero-order valence-electron chi connectivity index (χ0n) is 11.1. The van der Waals surface area contributed by atoms with Gasteiger partial charge < -0.3 is 10.5 Å². The molecular formula is C15H18FNOS. The third-order valence-electron chi connectivity index (χ3n) is 3.09. The van der Waals surface area contributed by atoms with Crippen molar-refractivity contribution >= 4 is 11.3 Å². The fraction of sp³-hybridized carbons (Fsp3) is 0.333. The molecule has 2 atom stereocenters. The Kier molecular flexibility index (Phi) is 4.56. The molecule has 2 unspecified atom stereocenters. The summed E-state index contributed by atoms with van der Waals surface area (Å²) in [6, 6.07) is 8.92. The molecule has 2 nitrogen and oxygen atoms in total.